The second-order valence-electron chi connectivity index (χ2n) is 9.33. The topological polar surface area (TPSA) is 79.2 Å². The highest BCUT2D eigenvalue weighted by molar-refractivity contribution is 5.80. The van der Waals surface area contributed by atoms with Crippen LogP contribution in [0.25, 0.3) is 0 Å². The first-order chi connectivity index (χ1) is 17.0. The minimum absolute atomic E-state index is 0.0605. The molecule has 2 saturated heterocycles. The lowest BCUT2D eigenvalue weighted by Gasteiger charge is -2.40. The number of rotatable bonds is 8. The normalized spacial score (nSPS) is 21.0. The number of carbonyl (C=O) groups excluding carboxylic acids is 1. The van der Waals surface area contributed by atoms with E-state index in [1.165, 1.54) is 5.56 Å². The first-order valence-electron chi connectivity index (χ1n) is 12.7. The number of ether oxygens (including phenoxy) is 1. The Balaban J connectivity index is 1.65. The lowest BCUT2D eigenvalue weighted by Crippen LogP contribution is -2.45. The summed E-state index contributed by atoms with van der Waals surface area (Å²) in [5.74, 6) is 0.127. The maximum absolute atomic E-state index is 13.1. The number of amides is 1. The van der Waals surface area contributed by atoms with Gasteiger partial charge in [-0.15, -0.1) is 0 Å². The molecule has 8 nitrogen and oxygen atoms in total. The number of piperidine rings is 1. The molecule has 2 heterocycles. The Hall–Kier alpha value is -2.97. The van der Waals surface area contributed by atoms with E-state index in [1.54, 1.807) is 12.1 Å². The monoisotopic (exact) mass is 480 g/mol. The van der Waals surface area contributed by atoms with Crippen LogP contribution in [0, 0.1) is 16.0 Å². The van der Waals surface area contributed by atoms with Crippen LogP contribution in [0.4, 0.5) is 11.4 Å². The molecular weight excluding hydrogens is 444 g/mol. The molecule has 0 unspecified atom stereocenters. The van der Waals surface area contributed by atoms with E-state index in [9.17, 15) is 14.9 Å². The number of anilines is 1. The van der Waals surface area contributed by atoms with E-state index in [0.29, 0.717) is 32.8 Å². The minimum atomic E-state index is -0.377. The predicted molar refractivity (Wildman–Crippen MR) is 136 cm³/mol. The van der Waals surface area contributed by atoms with Crippen LogP contribution in [0.3, 0.4) is 0 Å². The Bertz CT molecular complexity index is 1010. The quantitative estimate of drug-likeness (QED) is 0.406. The van der Waals surface area contributed by atoms with Crippen molar-refractivity contribution in [3.63, 3.8) is 0 Å². The number of benzene rings is 2. The standard InChI is InChI=1S/C27H36N4O4/c1-3-28(4-2)26(32)22-12-8-15-29(20-22)25-14-13-23(31(33)34)18-24(25)27-30(16-9-17-35-27)19-21-10-6-5-7-11-21/h5-7,10-11,13-14,18,22,27H,3-4,8-9,12,15-17,19-20H2,1-2H3/t22-,27-/m1/s1. The van der Waals surface area contributed by atoms with Crippen molar-refractivity contribution in [2.45, 2.75) is 45.9 Å². The van der Waals surface area contributed by atoms with Gasteiger partial charge in [0.15, 0.2) is 0 Å². The van der Waals surface area contributed by atoms with E-state index in [2.05, 4.69) is 21.9 Å². The molecule has 0 spiro atoms. The van der Waals surface area contributed by atoms with Crippen LogP contribution in [0.2, 0.25) is 0 Å². The van der Waals surface area contributed by atoms with Gasteiger partial charge in [0.1, 0.15) is 6.23 Å². The Kier molecular flexibility index (Phi) is 8.36. The van der Waals surface area contributed by atoms with Gasteiger partial charge in [-0.1, -0.05) is 30.3 Å². The number of carbonyl (C=O) groups is 1. The summed E-state index contributed by atoms with van der Waals surface area (Å²) >= 11 is 0. The number of nitro benzene ring substituents is 1. The van der Waals surface area contributed by atoms with Gasteiger partial charge in [-0.25, -0.2) is 0 Å². The summed E-state index contributed by atoms with van der Waals surface area (Å²) in [5.41, 5.74) is 2.98. The summed E-state index contributed by atoms with van der Waals surface area (Å²) in [6.45, 7) is 9.04. The third-order valence-electron chi connectivity index (χ3n) is 7.10. The van der Waals surface area contributed by atoms with Crippen molar-refractivity contribution in [2.24, 2.45) is 5.92 Å². The van der Waals surface area contributed by atoms with Gasteiger partial charge in [0.25, 0.3) is 5.69 Å². The van der Waals surface area contributed by atoms with Gasteiger partial charge < -0.3 is 14.5 Å². The molecule has 2 aromatic carbocycles. The lowest BCUT2D eigenvalue weighted by molar-refractivity contribution is -0.385. The maximum atomic E-state index is 13.1. The molecule has 0 radical (unpaired) electrons. The number of nitrogens with zero attached hydrogens (tertiary/aromatic N) is 4. The van der Waals surface area contributed by atoms with Gasteiger partial charge in [0.2, 0.25) is 5.91 Å². The number of hydrogen-bond acceptors (Lipinski definition) is 6. The van der Waals surface area contributed by atoms with Crippen LogP contribution in [0.5, 0.6) is 0 Å². The van der Waals surface area contributed by atoms with Crippen molar-refractivity contribution >= 4 is 17.3 Å². The SMILES string of the molecule is CCN(CC)C(=O)[C@@H]1CCCN(c2ccc([N+](=O)[O-])cc2[C@H]2OCCCN2Cc2ccccc2)C1. The van der Waals surface area contributed by atoms with E-state index in [1.807, 2.05) is 43.0 Å². The zero-order valence-electron chi connectivity index (χ0n) is 20.8. The van der Waals surface area contributed by atoms with E-state index in [-0.39, 0.29) is 28.7 Å². The first-order valence-corrected chi connectivity index (χ1v) is 12.7. The van der Waals surface area contributed by atoms with Crippen LogP contribution < -0.4 is 4.90 Å². The molecule has 0 aliphatic carbocycles. The molecule has 2 aliphatic rings. The number of non-ortho nitro benzene ring substituents is 1. The van der Waals surface area contributed by atoms with Crippen LogP contribution in [-0.2, 0) is 16.1 Å². The summed E-state index contributed by atoms with van der Waals surface area (Å²) in [6.07, 6.45) is 2.32. The van der Waals surface area contributed by atoms with Gasteiger partial charge in [-0.05, 0) is 44.7 Å². The largest absolute Gasteiger partial charge is 0.370 e. The molecule has 2 aromatic rings. The molecular formula is C27H36N4O4. The molecule has 4 rings (SSSR count). The van der Waals surface area contributed by atoms with E-state index in [4.69, 9.17) is 4.74 Å². The Labute approximate surface area is 207 Å². The van der Waals surface area contributed by atoms with Gasteiger partial charge in [-0.2, -0.15) is 0 Å². The van der Waals surface area contributed by atoms with Crippen LogP contribution in [0.15, 0.2) is 48.5 Å². The van der Waals surface area contributed by atoms with Crippen LogP contribution in [0.1, 0.15) is 50.5 Å². The smallest absolute Gasteiger partial charge is 0.270 e. The van der Waals surface area contributed by atoms with Crippen LogP contribution >= 0.6 is 0 Å². The molecule has 35 heavy (non-hydrogen) atoms. The minimum Gasteiger partial charge on any atom is -0.370 e. The molecule has 0 saturated carbocycles. The Morgan fingerprint density at radius 1 is 1.11 bits per heavy atom. The van der Waals surface area contributed by atoms with Gasteiger partial charge in [0, 0.05) is 62.7 Å². The number of hydrogen-bond donors (Lipinski definition) is 0. The van der Waals surface area contributed by atoms with Gasteiger partial charge in [-0.3, -0.25) is 19.8 Å². The predicted octanol–water partition coefficient (Wildman–Crippen LogP) is 4.60. The third kappa shape index (κ3) is 5.82. The highest BCUT2D eigenvalue weighted by Gasteiger charge is 2.33. The summed E-state index contributed by atoms with van der Waals surface area (Å²) in [4.78, 5) is 30.8. The fourth-order valence-electron chi connectivity index (χ4n) is 5.28. The summed E-state index contributed by atoms with van der Waals surface area (Å²) in [6, 6.07) is 15.3. The fourth-order valence-corrected chi connectivity index (χ4v) is 5.28. The molecule has 0 N–H and O–H groups in total. The fraction of sp³-hybridized carbons (Fsp3) is 0.519. The second-order valence-corrected chi connectivity index (χ2v) is 9.33. The van der Waals surface area contributed by atoms with E-state index < -0.39 is 0 Å². The van der Waals surface area contributed by atoms with Crippen LogP contribution in [-0.4, -0.2) is 60.0 Å². The average molecular weight is 481 g/mol. The maximum Gasteiger partial charge on any atom is 0.270 e. The molecule has 2 fully saturated rings. The van der Waals surface area contributed by atoms with Crippen molar-refractivity contribution in [3.05, 3.63) is 69.8 Å². The van der Waals surface area contributed by atoms with E-state index in [0.717, 1.165) is 43.6 Å². The lowest BCUT2D eigenvalue weighted by atomic mass is 9.94. The molecule has 0 bridgehead atoms. The second kappa shape index (κ2) is 11.6. The Morgan fingerprint density at radius 3 is 2.60 bits per heavy atom. The summed E-state index contributed by atoms with van der Waals surface area (Å²) in [7, 11) is 0. The van der Waals surface area contributed by atoms with E-state index >= 15 is 0 Å². The molecule has 1 amide bonds. The van der Waals surface area contributed by atoms with Crippen molar-refractivity contribution < 1.29 is 14.5 Å². The summed E-state index contributed by atoms with van der Waals surface area (Å²) in [5, 5.41) is 11.7. The Morgan fingerprint density at radius 2 is 1.89 bits per heavy atom. The van der Waals surface area contributed by atoms with Gasteiger partial charge in [0.05, 0.1) is 17.4 Å². The number of nitro groups is 1. The van der Waals surface area contributed by atoms with Crippen molar-refractivity contribution in [2.75, 3.05) is 44.2 Å². The van der Waals surface area contributed by atoms with Crippen molar-refractivity contribution in [1.29, 1.82) is 0 Å². The molecule has 188 valence electrons. The average Bonchev–Trinajstić information content (AvgIpc) is 2.90. The zero-order valence-corrected chi connectivity index (χ0v) is 20.8. The molecule has 8 heteroatoms. The highest BCUT2D eigenvalue weighted by Crippen LogP contribution is 2.38. The zero-order chi connectivity index (χ0) is 24.8. The molecule has 0 aromatic heterocycles. The van der Waals surface area contributed by atoms with Crippen molar-refractivity contribution in [1.82, 2.24) is 9.80 Å². The summed E-state index contributed by atoms with van der Waals surface area (Å²) < 4.78 is 6.26. The van der Waals surface area contributed by atoms with Gasteiger partial charge >= 0.3 is 0 Å². The van der Waals surface area contributed by atoms with Crippen molar-refractivity contribution in [3.8, 4) is 0 Å². The molecule has 2 atom stereocenters. The molecule has 2 aliphatic heterocycles. The third-order valence-corrected chi connectivity index (χ3v) is 7.10. The first kappa shape index (κ1) is 25.1. The highest BCUT2D eigenvalue weighted by atomic mass is 16.6.